The lowest BCUT2D eigenvalue weighted by molar-refractivity contribution is 0.0952. The molecule has 1 rings (SSSR count). The number of anilines is 1. The Hall–Kier alpha value is -1.62. The van der Waals surface area contributed by atoms with E-state index in [1.54, 1.807) is 12.1 Å². The molecular formula is C12H20N4O. The summed E-state index contributed by atoms with van der Waals surface area (Å²) in [5, 5.41) is 2.86. The minimum Gasteiger partial charge on any atom is -0.352 e. The molecule has 5 nitrogen and oxygen atoms in total. The lowest BCUT2D eigenvalue weighted by atomic mass is 10.2. The molecule has 0 aliphatic carbocycles. The van der Waals surface area contributed by atoms with Crippen LogP contribution >= 0.6 is 0 Å². The number of nitrogen functional groups attached to an aromatic ring is 1. The van der Waals surface area contributed by atoms with E-state index in [4.69, 9.17) is 5.84 Å². The summed E-state index contributed by atoms with van der Waals surface area (Å²) in [5.74, 6) is 5.65. The quantitative estimate of drug-likeness (QED) is 0.382. The van der Waals surface area contributed by atoms with Gasteiger partial charge in [-0.15, -0.1) is 0 Å². The Morgan fingerprint density at radius 1 is 1.35 bits per heavy atom. The summed E-state index contributed by atoms with van der Waals surface area (Å²) in [6, 6.07) is 3.37. The fraction of sp³-hybridized carbons (Fsp3) is 0.500. The molecule has 0 aromatic carbocycles. The average Bonchev–Trinajstić information content (AvgIpc) is 2.38. The van der Waals surface area contributed by atoms with E-state index >= 15 is 0 Å². The number of rotatable bonds is 7. The van der Waals surface area contributed by atoms with Gasteiger partial charge < -0.3 is 10.7 Å². The second-order valence-electron chi connectivity index (χ2n) is 3.89. The van der Waals surface area contributed by atoms with E-state index in [-0.39, 0.29) is 5.91 Å². The minimum atomic E-state index is -0.0856. The minimum absolute atomic E-state index is 0.0856. The molecule has 17 heavy (non-hydrogen) atoms. The SMILES string of the molecule is CCCCCCNC(=O)c1ccc(NN)nc1. The fourth-order valence-electron chi connectivity index (χ4n) is 1.47. The Kier molecular flexibility index (Phi) is 6.03. The van der Waals surface area contributed by atoms with E-state index in [2.05, 4.69) is 22.7 Å². The molecule has 1 aromatic heterocycles. The summed E-state index contributed by atoms with van der Waals surface area (Å²) in [6.45, 7) is 2.88. The van der Waals surface area contributed by atoms with Crippen molar-refractivity contribution >= 4 is 11.7 Å². The molecule has 0 saturated heterocycles. The molecule has 0 saturated carbocycles. The first kappa shape index (κ1) is 13.4. The zero-order valence-corrected chi connectivity index (χ0v) is 10.2. The monoisotopic (exact) mass is 236 g/mol. The number of hydrogen-bond donors (Lipinski definition) is 3. The second kappa shape index (κ2) is 7.62. The van der Waals surface area contributed by atoms with Gasteiger partial charge in [-0.05, 0) is 18.6 Å². The van der Waals surface area contributed by atoms with Crippen LogP contribution in [0.2, 0.25) is 0 Å². The number of carbonyl (C=O) groups excluding carboxylic acids is 1. The van der Waals surface area contributed by atoms with Crippen molar-refractivity contribution in [1.82, 2.24) is 10.3 Å². The standard InChI is InChI=1S/C12H20N4O/c1-2-3-4-5-8-14-12(17)10-6-7-11(16-13)15-9-10/h6-7,9H,2-5,8,13H2,1H3,(H,14,17)(H,15,16). The van der Waals surface area contributed by atoms with E-state index < -0.39 is 0 Å². The van der Waals surface area contributed by atoms with Crippen LogP contribution in [0, 0.1) is 0 Å². The smallest absolute Gasteiger partial charge is 0.252 e. The van der Waals surface area contributed by atoms with Gasteiger partial charge in [0.05, 0.1) is 5.56 Å². The third-order valence-corrected chi connectivity index (χ3v) is 2.49. The van der Waals surface area contributed by atoms with E-state index in [1.807, 2.05) is 0 Å². The summed E-state index contributed by atoms with van der Waals surface area (Å²) in [5.41, 5.74) is 2.97. The van der Waals surface area contributed by atoms with E-state index in [0.29, 0.717) is 11.4 Å². The van der Waals surface area contributed by atoms with Gasteiger partial charge in [-0.1, -0.05) is 26.2 Å². The summed E-state index contributed by atoms with van der Waals surface area (Å²) >= 11 is 0. The highest BCUT2D eigenvalue weighted by atomic mass is 16.1. The number of carbonyl (C=O) groups is 1. The number of hydrazine groups is 1. The van der Waals surface area contributed by atoms with Crippen molar-refractivity contribution in [3.8, 4) is 0 Å². The third-order valence-electron chi connectivity index (χ3n) is 2.49. The molecule has 1 aromatic rings. The van der Waals surface area contributed by atoms with Crippen molar-refractivity contribution < 1.29 is 4.79 Å². The molecule has 1 amide bonds. The van der Waals surface area contributed by atoms with Crippen LogP contribution in [-0.2, 0) is 0 Å². The molecule has 0 spiro atoms. The van der Waals surface area contributed by atoms with Gasteiger partial charge in [-0.3, -0.25) is 4.79 Å². The first-order chi connectivity index (χ1) is 8.27. The molecule has 4 N–H and O–H groups in total. The van der Waals surface area contributed by atoms with Gasteiger partial charge >= 0.3 is 0 Å². The van der Waals surface area contributed by atoms with Crippen LogP contribution in [0.25, 0.3) is 0 Å². The van der Waals surface area contributed by atoms with Crippen molar-refractivity contribution in [1.29, 1.82) is 0 Å². The maximum atomic E-state index is 11.7. The van der Waals surface area contributed by atoms with Crippen molar-refractivity contribution in [2.24, 2.45) is 5.84 Å². The maximum absolute atomic E-state index is 11.7. The number of nitrogens with one attached hydrogen (secondary N) is 2. The molecule has 0 bridgehead atoms. The van der Waals surface area contributed by atoms with Crippen molar-refractivity contribution in [3.63, 3.8) is 0 Å². The molecule has 0 radical (unpaired) electrons. The molecule has 94 valence electrons. The van der Waals surface area contributed by atoms with Crippen LogP contribution in [-0.4, -0.2) is 17.4 Å². The topological polar surface area (TPSA) is 80.0 Å². The van der Waals surface area contributed by atoms with E-state index in [0.717, 1.165) is 19.4 Å². The van der Waals surface area contributed by atoms with E-state index in [9.17, 15) is 4.79 Å². The molecule has 1 heterocycles. The summed E-state index contributed by atoms with van der Waals surface area (Å²) in [6.07, 6.45) is 6.11. The zero-order chi connectivity index (χ0) is 12.5. The Balaban J connectivity index is 2.31. The molecule has 5 heteroatoms. The average molecular weight is 236 g/mol. The van der Waals surface area contributed by atoms with Gasteiger partial charge in [0.15, 0.2) is 0 Å². The number of nitrogens with two attached hydrogens (primary N) is 1. The zero-order valence-electron chi connectivity index (χ0n) is 10.2. The van der Waals surface area contributed by atoms with Crippen molar-refractivity contribution in [2.75, 3.05) is 12.0 Å². The predicted octanol–water partition coefficient (Wildman–Crippen LogP) is 1.68. The van der Waals surface area contributed by atoms with Crippen LogP contribution < -0.4 is 16.6 Å². The largest absolute Gasteiger partial charge is 0.352 e. The maximum Gasteiger partial charge on any atom is 0.252 e. The third kappa shape index (κ3) is 4.82. The molecule has 0 unspecified atom stereocenters. The lowest BCUT2D eigenvalue weighted by Gasteiger charge is -2.05. The Bertz CT molecular complexity index is 337. The van der Waals surface area contributed by atoms with Crippen LogP contribution in [0.5, 0.6) is 0 Å². The van der Waals surface area contributed by atoms with Crippen LogP contribution in [0.4, 0.5) is 5.82 Å². The Morgan fingerprint density at radius 2 is 2.18 bits per heavy atom. The normalized spacial score (nSPS) is 10.0. The number of unbranched alkanes of at least 4 members (excludes halogenated alkanes) is 3. The molecule has 0 atom stereocenters. The van der Waals surface area contributed by atoms with E-state index in [1.165, 1.54) is 19.0 Å². The number of nitrogens with zero attached hydrogens (tertiary/aromatic N) is 1. The Labute approximate surface area is 102 Å². The molecule has 0 aliphatic rings. The molecule has 0 fully saturated rings. The Morgan fingerprint density at radius 3 is 2.76 bits per heavy atom. The first-order valence-electron chi connectivity index (χ1n) is 5.98. The summed E-state index contributed by atoms with van der Waals surface area (Å²) in [4.78, 5) is 15.7. The van der Waals surface area contributed by atoms with Crippen molar-refractivity contribution in [3.05, 3.63) is 23.9 Å². The number of amides is 1. The lowest BCUT2D eigenvalue weighted by Crippen LogP contribution is -2.24. The molecule has 0 aliphatic heterocycles. The van der Waals surface area contributed by atoms with Crippen LogP contribution in [0.1, 0.15) is 43.0 Å². The van der Waals surface area contributed by atoms with Gasteiger partial charge in [-0.2, -0.15) is 0 Å². The molecular weight excluding hydrogens is 216 g/mol. The van der Waals surface area contributed by atoms with Gasteiger partial charge in [-0.25, -0.2) is 10.8 Å². The van der Waals surface area contributed by atoms with Gasteiger partial charge in [0, 0.05) is 12.7 Å². The van der Waals surface area contributed by atoms with Gasteiger partial charge in [0.2, 0.25) is 0 Å². The summed E-state index contributed by atoms with van der Waals surface area (Å²) in [7, 11) is 0. The number of pyridine rings is 1. The highest BCUT2D eigenvalue weighted by Gasteiger charge is 2.04. The van der Waals surface area contributed by atoms with Crippen LogP contribution in [0.15, 0.2) is 18.3 Å². The van der Waals surface area contributed by atoms with Gasteiger partial charge in [0.25, 0.3) is 5.91 Å². The van der Waals surface area contributed by atoms with Crippen molar-refractivity contribution in [2.45, 2.75) is 32.6 Å². The highest BCUT2D eigenvalue weighted by molar-refractivity contribution is 5.93. The second-order valence-corrected chi connectivity index (χ2v) is 3.89. The van der Waals surface area contributed by atoms with Crippen LogP contribution in [0.3, 0.4) is 0 Å². The number of aromatic nitrogens is 1. The number of hydrogen-bond acceptors (Lipinski definition) is 4. The highest BCUT2D eigenvalue weighted by Crippen LogP contribution is 2.03. The predicted molar refractivity (Wildman–Crippen MR) is 68.5 cm³/mol. The fourth-order valence-corrected chi connectivity index (χ4v) is 1.47. The first-order valence-corrected chi connectivity index (χ1v) is 5.98. The van der Waals surface area contributed by atoms with Gasteiger partial charge in [0.1, 0.15) is 5.82 Å². The summed E-state index contributed by atoms with van der Waals surface area (Å²) < 4.78 is 0.